The SMILES string of the molecule is CCOC(=O)[C@H](C)Sc1nc(-c2ccco2)nc2c1c(=O)n(C)c(=O)n2C. The fourth-order valence-corrected chi connectivity index (χ4v) is 3.44. The van der Waals surface area contributed by atoms with Gasteiger partial charge in [0.15, 0.2) is 17.2 Å². The molecule has 0 saturated carbocycles. The van der Waals surface area contributed by atoms with Crippen molar-refractivity contribution in [1.82, 2.24) is 19.1 Å². The first-order valence-corrected chi connectivity index (χ1v) is 9.08. The van der Waals surface area contributed by atoms with E-state index in [-0.39, 0.29) is 28.5 Å². The van der Waals surface area contributed by atoms with Crippen molar-refractivity contribution >= 4 is 28.8 Å². The van der Waals surface area contributed by atoms with E-state index in [1.54, 1.807) is 26.0 Å². The number of fused-ring (bicyclic) bond motifs is 1. The third-order valence-corrected chi connectivity index (χ3v) is 4.98. The fraction of sp³-hybridized carbons (Fsp3) is 0.353. The molecule has 0 aliphatic rings. The molecule has 3 heterocycles. The maximum atomic E-state index is 12.7. The molecule has 0 amide bonds. The molecular weight excluding hydrogens is 372 g/mol. The summed E-state index contributed by atoms with van der Waals surface area (Å²) in [5.41, 5.74) is -0.869. The standard InChI is InChI=1S/C17H18N4O5S/c1-5-25-16(23)9(2)27-14-11-13(20(3)17(24)21(4)15(11)22)18-12(19-14)10-7-6-8-26-10/h6-9H,5H2,1-4H3/t9-/m0/s1. The number of carbonyl (C=O) groups excluding carboxylic acids is 1. The van der Waals surface area contributed by atoms with Crippen LogP contribution in [0.25, 0.3) is 22.6 Å². The lowest BCUT2D eigenvalue weighted by molar-refractivity contribution is -0.142. The Kier molecular flexibility index (Phi) is 5.17. The zero-order valence-electron chi connectivity index (χ0n) is 15.3. The zero-order chi connectivity index (χ0) is 19.7. The van der Waals surface area contributed by atoms with Crippen LogP contribution in [0.5, 0.6) is 0 Å². The van der Waals surface area contributed by atoms with E-state index in [0.29, 0.717) is 5.76 Å². The monoisotopic (exact) mass is 390 g/mol. The topological polar surface area (TPSA) is 109 Å². The van der Waals surface area contributed by atoms with Crippen molar-refractivity contribution in [3.8, 4) is 11.6 Å². The molecule has 0 radical (unpaired) electrons. The number of hydrogen-bond acceptors (Lipinski definition) is 8. The van der Waals surface area contributed by atoms with Crippen LogP contribution in [-0.2, 0) is 23.6 Å². The van der Waals surface area contributed by atoms with E-state index in [1.165, 1.54) is 24.9 Å². The van der Waals surface area contributed by atoms with Gasteiger partial charge in [0.1, 0.15) is 15.7 Å². The van der Waals surface area contributed by atoms with E-state index >= 15 is 0 Å². The lowest BCUT2D eigenvalue weighted by Crippen LogP contribution is -2.37. The Bertz CT molecular complexity index is 1120. The number of aromatic nitrogens is 4. The molecule has 3 aromatic rings. The second kappa shape index (κ2) is 7.39. The van der Waals surface area contributed by atoms with Crippen LogP contribution in [0.1, 0.15) is 13.8 Å². The quantitative estimate of drug-likeness (QED) is 0.365. The Morgan fingerprint density at radius 1 is 1.30 bits per heavy atom. The first kappa shape index (κ1) is 18.9. The van der Waals surface area contributed by atoms with Gasteiger partial charge in [-0.1, -0.05) is 11.8 Å². The first-order chi connectivity index (χ1) is 12.8. The van der Waals surface area contributed by atoms with Gasteiger partial charge < -0.3 is 9.15 Å². The summed E-state index contributed by atoms with van der Waals surface area (Å²) in [5, 5.41) is -0.159. The molecule has 1 atom stereocenters. The smallest absolute Gasteiger partial charge is 0.332 e. The summed E-state index contributed by atoms with van der Waals surface area (Å²) in [6.07, 6.45) is 1.47. The minimum atomic E-state index is -0.602. The molecule has 0 aliphatic carbocycles. The Morgan fingerprint density at radius 2 is 2.04 bits per heavy atom. The highest BCUT2D eigenvalue weighted by Gasteiger charge is 2.23. The molecule has 0 aliphatic heterocycles. The number of carbonyl (C=O) groups is 1. The minimum Gasteiger partial charge on any atom is -0.465 e. The number of thioether (sulfide) groups is 1. The van der Waals surface area contributed by atoms with Crippen molar-refractivity contribution in [3.63, 3.8) is 0 Å². The number of ether oxygens (including phenoxy) is 1. The van der Waals surface area contributed by atoms with Crippen molar-refractivity contribution in [1.29, 1.82) is 0 Å². The van der Waals surface area contributed by atoms with Crippen LogP contribution in [0.3, 0.4) is 0 Å². The molecule has 0 bridgehead atoms. The average molecular weight is 390 g/mol. The van der Waals surface area contributed by atoms with Crippen LogP contribution in [0, 0.1) is 0 Å². The number of furan rings is 1. The molecule has 0 unspecified atom stereocenters. The lowest BCUT2D eigenvalue weighted by Gasteiger charge is -2.13. The molecule has 3 rings (SSSR count). The van der Waals surface area contributed by atoms with Crippen LogP contribution in [0.4, 0.5) is 0 Å². The van der Waals surface area contributed by atoms with Gasteiger partial charge in [-0.3, -0.25) is 18.7 Å². The van der Waals surface area contributed by atoms with Crippen molar-refractivity contribution in [2.24, 2.45) is 14.1 Å². The summed E-state index contributed by atoms with van der Waals surface area (Å²) in [5.74, 6) is 0.181. The van der Waals surface area contributed by atoms with Gasteiger partial charge >= 0.3 is 11.7 Å². The van der Waals surface area contributed by atoms with E-state index in [0.717, 1.165) is 16.3 Å². The van der Waals surface area contributed by atoms with E-state index in [9.17, 15) is 14.4 Å². The van der Waals surface area contributed by atoms with E-state index in [2.05, 4.69) is 9.97 Å². The summed E-state index contributed by atoms with van der Waals surface area (Å²) in [4.78, 5) is 45.8. The lowest BCUT2D eigenvalue weighted by atomic mass is 10.3. The van der Waals surface area contributed by atoms with Crippen LogP contribution in [0.2, 0.25) is 0 Å². The second-order valence-electron chi connectivity index (χ2n) is 5.75. The van der Waals surface area contributed by atoms with Crippen LogP contribution in [0.15, 0.2) is 37.4 Å². The molecule has 3 aromatic heterocycles. The van der Waals surface area contributed by atoms with Crippen molar-refractivity contribution in [3.05, 3.63) is 39.2 Å². The van der Waals surface area contributed by atoms with Crippen molar-refractivity contribution < 1.29 is 13.9 Å². The highest BCUT2D eigenvalue weighted by molar-refractivity contribution is 8.00. The largest absolute Gasteiger partial charge is 0.465 e. The Labute approximate surface area is 158 Å². The van der Waals surface area contributed by atoms with Gasteiger partial charge in [0, 0.05) is 14.1 Å². The Morgan fingerprint density at radius 3 is 2.67 bits per heavy atom. The highest BCUT2D eigenvalue weighted by atomic mass is 32.2. The Hall–Kier alpha value is -2.88. The molecule has 9 nitrogen and oxygen atoms in total. The molecule has 0 spiro atoms. The molecule has 27 heavy (non-hydrogen) atoms. The minimum absolute atomic E-state index is 0.163. The predicted octanol–water partition coefficient (Wildman–Crippen LogP) is 1.33. The number of rotatable bonds is 5. The number of hydrogen-bond donors (Lipinski definition) is 0. The maximum absolute atomic E-state index is 12.7. The summed E-state index contributed by atoms with van der Waals surface area (Å²) < 4.78 is 12.6. The summed E-state index contributed by atoms with van der Waals surface area (Å²) in [6, 6.07) is 3.35. The van der Waals surface area contributed by atoms with Crippen LogP contribution in [-0.4, -0.2) is 36.9 Å². The van der Waals surface area contributed by atoms with Gasteiger partial charge in [-0.2, -0.15) is 0 Å². The maximum Gasteiger partial charge on any atom is 0.332 e. The van der Waals surface area contributed by atoms with Gasteiger partial charge in [0.05, 0.1) is 12.9 Å². The van der Waals surface area contributed by atoms with E-state index in [4.69, 9.17) is 9.15 Å². The Balaban J connectivity index is 2.27. The number of nitrogens with zero attached hydrogens (tertiary/aromatic N) is 4. The molecule has 0 saturated heterocycles. The summed E-state index contributed by atoms with van der Waals surface area (Å²) in [6.45, 7) is 3.63. The van der Waals surface area contributed by atoms with Gasteiger partial charge in [0.2, 0.25) is 0 Å². The van der Waals surface area contributed by atoms with Gasteiger partial charge in [-0.15, -0.1) is 0 Å². The molecule has 0 fully saturated rings. The predicted molar refractivity (Wildman–Crippen MR) is 99.7 cm³/mol. The second-order valence-corrected chi connectivity index (χ2v) is 7.08. The normalized spacial score (nSPS) is 12.3. The number of aryl methyl sites for hydroxylation is 1. The summed E-state index contributed by atoms with van der Waals surface area (Å²) >= 11 is 1.07. The third-order valence-electron chi connectivity index (χ3n) is 3.92. The fourth-order valence-electron chi connectivity index (χ4n) is 2.51. The van der Waals surface area contributed by atoms with E-state index in [1.807, 2.05) is 0 Å². The molecule has 142 valence electrons. The first-order valence-electron chi connectivity index (χ1n) is 8.20. The molecule has 10 heteroatoms. The van der Waals surface area contributed by atoms with Gasteiger partial charge in [-0.25, -0.2) is 14.8 Å². The van der Waals surface area contributed by atoms with Crippen molar-refractivity contribution in [2.45, 2.75) is 24.1 Å². The van der Waals surface area contributed by atoms with Crippen LogP contribution < -0.4 is 11.2 Å². The van der Waals surface area contributed by atoms with Crippen LogP contribution >= 0.6 is 11.8 Å². The number of esters is 1. The highest BCUT2D eigenvalue weighted by Crippen LogP contribution is 2.29. The van der Waals surface area contributed by atoms with Gasteiger partial charge in [0.25, 0.3) is 5.56 Å². The summed E-state index contributed by atoms with van der Waals surface area (Å²) in [7, 11) is 2.90. The average Bonchev–Trinajstić information content (AvgIpc) is 3.19. The van der Waals surface area contributed by atoms with Gasteiger partial charge in [-0.05, 0) is 26.0 Å². The third kappa shape index (κ3) is 3.39. The van der Waals surface area contributed by atoms with Crippen molar-refractivity contribution in [2.75, 3.05) is 6.61 Å². The zero-order valence-corrected chi connectivity index (χ0v) is 16.1. The van der Waals surface area contributed by atoms with E-state index < -0.39 is 22.5 Å². The molecule has 0 N–H and O–H groups in total. The molecular formula is C17H18N4O5S. The molecule has 0 aromatic carbocycles.